The van der Waals surface area contributed by atoms with E-state index < -0.39 is 0 Å². The van der Waals surface area contributed by atoms with Crippen LogP contribution in [0.1, 0.15) is 0 Å². The largest absolute Gasteiger partial charge is 0.508 e. The fourth-order valence-electron chi connectivity index (χ4n) is 2.23. The van der Waals surface area contributed by atoms with Crippen LogP contribution < -0.4 is 9.47 Å². The predicted molar refractivity (Wildman–Crippen MR) is 87.0 cm³/mol. The average molecular weight is 319 g/mol. The van der Waals surface area contributed by atoms with Crippen molar-refractivity contribution in [1.29, 1.82) is 0 Å². The van der Waals surface area contributed by atoms with Crippen LogP contribution in [-0.4, -0.2) is 29.3 Å². The number of methoxy groups -OCH3 is 2. The zero-order valence-electron chi connectivity index (χ0n) is 12.1. The number of rotatable bonds is 3. The van der Waals surface area contributed by atoms with E-state index in [1.54, 1.807) is 26.4 Å². The van der Waals surface area contributed by atoms with Gasteiger partial charge in [0.05, 0.1) is 25.4 Å². The second kappa shape index (κ2) is 6.49. The van der Waals surface area contributed by atoms with Crippen LogP contribution in [0.25, 0.3) is 22.2 Å². The molecule has 3 aromatic rings. The minimum atomic E-state index is 0. The molecule has 22 heavy (non-hydrogen) atoms. The molecular formula is C16H15ClN2O3. The van der Waals surface area contributed by atoms with Crippen LogP contribution in [0.4, 0.5) is 0 Å². The van der Waals surface area contributed by atoms with Crippen LogP contribution in [0.2, 0.25) is 0 Å². The minimum Gasteiger partial charge on any atom is -0.508 e. The summed E-state index contributed by atoms with van der Waals surface area (Å²) in [5.41, 5.74) is 2.44. The van der Waals surface area contributed by atoms with E-state index in [1.165, 1.54) is 6.33 Å². The van der Waals surface area contributed by atoms with Crippen molar-refractivity contribution in [1.82, 2.24) is 9.97 Å². The smallest absolute Gasteiger partial charge is 0.162 e. The topological polar surface area (TPSA) is 64.5 Å². The van der Waals surface area contributed by atoms with Crippen LogP contribution in [0.15, 0.2) is 42.7 Å². The van der Waals surface area contributed by atoms with Crippen molar-refractivity contribution in [3.05, 3.63) is 42.7 Å². The van der Waals surface area contributed by atoms with Crippen LogP contribution >= 0.6 is 12.4 Å². The number of hydrogen-bond acceptors (Lipinski definition) is 5. The Hall–Kier alpha value is -2.53. The Morgan fingerprint density at radius 2 is 1.55 bits per heavy atom. The number of aromatic hydroxyl groups is 1. The maximum absolute atomic E-state index is 9.40. The van der Waals surface area contributed by atoms with Crippen molar-refractivity contribution >= 4 is 23.3 Å². The maximum atomic E-state index is 9.40. The molecular weight excluding hydrogens is 304 g/mol. The first-order valence-corrected chi connectivity index (χ1v) is 6.39. The second-order valence-electron chi connectivity index (χ2n) is 4.49. The summed E-state index contributed by atoms with van der Waals surface area (Å²) in [6.07, 6.45) is 1.51. The Kier molecular flexibility index (Phi) is 4.68. The van der Waals surface area contributed by atoms with E-state index in [9.17, 15) is 5.11 Å². The van der Waals surface area contributed by atoms with Gasteiger partial charge in [0.25, 0.3) is 0 Å². The maximum Gasteiger partial charge on any atom is 0.162 e. The number of halogens is 1. The van der Waals surface area contributed by atoms with Crippen molar-refractivity contribution in [2.24, 2.45) is 0 Å². The van der Waals surface area contributed by atoms with E-state index in [2.05, 4.69) is 9.97 Å². The summed E-state index contributed by atoms with van der Waals surface area (Å²) in [5, 5.41) is 10.3. The third-order valence-electron chi connectivity index (χ3n) is 3.28. The highest BCUT2D eigenvalue weighted by Crippen LogP contribution is 2.35. The first-order valence-electron chi connectivity index (χ1n) is 6.39. The van der Waals surface area contributed by atoms with E-state index >= 15 is 0 Å². The number of hydrogen-bond donors (Lipinski definition) is 1. The lowest BCUT2D eigenvalue weighted by atomic mass is 10.1. The van der Waals surface area contributed by atoms with Gasteiger partial charge < -0.3 is 14.6 Å². The molecule has 3 rings (SSSR count). The molecule has 0 spiro atoms. The number of nitrogens with zero attached hydrogens (tertiary/aromatic N) is 2. The molecule has 114 valence electrons. The number of benzene rings is 2. The van der Waals surface area contributed by atoms with Gasteiger partial charge in [0.1, 0.15) is 12.1 Å². The molecule has 2 aromatic carbocycles. The van der Waals surface area contributed by atoms with Gasteiger partial charge in [-0.3, -0.25) is 0 Å². The summed E-state index contributed by atoms with van der Waals surface area (Å²) < 4.78 is 10.6. The molecule has 0 saturated heterocycles. The molecule has 0 saturated carbocycles. The molecule has 0 aliphatic rings. The van der Waals surface area contributed by atoms with Crippen molar-refractivity contribution < 1.29 is 14.6 Å². The Labute approximate surface area is 134 Å². The van der Waals surface area contributed by atoms with Gasteiger partial charge in [-0.2, -0.15) is 0 Å². The van der Waals surface area contributed by atoms with Crippen molar-refractivity contribution in [3.8, 4) is 28.5 Å². The van der Waals surface area contributed by atoms with Gasteiger partial charge in [-0.1, -0.05) is 0 Å². The van der Waals surface area contributed by atoms with Gasteiger partial charge in [0.15, 0.2) is 11.5 Å². The van der Waals surface area contributed by atoms with Crippen molar-refractivity contribution in [2.45, 2.75) is 0 Å². The summed E-state index contributed by atoms with van der Waals surface area (Å²) in [7, 11) is 3.18. The monoisotopic (exact) mass is 318 g/mol. The Balaban J connectivity index is 0.00000176. The van der Waals surface area contributed by atoms with Crippen molar-refractivity contribution in [3.63, 3.8) is 0 Å². The second-order valence-corrected chi connectivity index (χ2v) is 4.49. The summed E-state index contributed by atoms with van der Waals surface area (Å²) >= 11 is 0. The Morgan fingerprint density at radius 3 is 2.18 bits per heavy atom. The van der Waals surface area contributed by atoms with Crippen LogP contribution in [0.5, 0.6) is 17.2 Å². The zero-order valence-corrected chi connectivity index (χ0v) is 12.9. The molecule has 0 aliphatic carbocycles. The highest BCUT2D eigenvalue weighted by Gasteiger charge is 2.12. The van der Waals surface area contributed by atoms with Crippen LogP contribution in [0.3, 0.4) is 0 Å². The molecule has 5 nitrogen and oxygen atoms in total. The number of fused-ring (bicyclic) bond motifs is 1. The third-order valence-corrected chi connectivity index (χ3v) is 3.28. The van der Waals surface area contributed by atoms with Gasteiger partial charge in [-0.05, 0) is 30.3 Å². The Bertz CT molecular complexity index is 791. The molecule has 0 aliphatic heterocycles. The van der Waals surface area contributed by atoms with Gasteiger partial charge in [0.2, 0.25) is 0 Å². The molecule has 0 unspecified atom stereocenters. The number of phenols is 1. The van der Waals surface area contributed by atoms with Gasteiger partial charge in [-0.25, -0.2) is 9.97 Å². The number of phenolic OH excluding ortho intramolecular Hbond substituents is 1. The predicted octanol–water partition coefficient (Wildman–Crippen LogP) is 3.44. The van der Waals surface area contributed by atoms with Crippen LogP contribution in [-0.2, 0) is 0 Å². The van der Waals surface area contributed by atoms with E-state index in [4.69, 9.17) is 9.47 Å². The van der Waals surface area contributed by atoms with Gasteiger partial charge in [-0.15, -0.1) is 12.4 Å². The average Bonchev–Trinajstić information content (AvgIpc) is 2.53. The lowest BCUT2D eigenvalue weighted by Crippen LogP contribution is -1.94. The van der Waals surface area contributed by atoms with Gasteiger partial charge in [0, 0.05) is 17.0 Å². The summed E-state index contributed by atoms with van der Waals surface area (Å²) in [5.74, 6) is 1.47. The lowest BCUT2D eigenvalue weighted by molar-refractivity contribution is 0.356. The van der Waals surface area contributed by atoms with Crippen LogP contribution in [0, 0.1) is 0 Å². The summed E-state index contributed by atoms with van der Waals surface area (Å²) in [6, 6.07) is 10.6. The van der Waals surface area contributed by atoms with Gasteiger partial charge >= 0.3 is 0 Å². The molecule has 0 amide bonds. The highest BCUT2D eigenvalue weighted by molar-refractivity contribution is 5.94. The number of ether oxygens (including phenoxy) is 2. The molecule has 1 N–H and O–H groups in total. The van der Waals surface area contributed by atoms with Crippen molar-refractivity contribution in [2.75, 3.05) is 14.2 Å². The third kappa shape index (κ3) is 2.76. The Morgan fingerprint density at radius 1 is 0.909 bits per heavy atom. The van der Waals surface area contributed by atoms with E-state index in [1.807, 2.05) is 24.3 Å². The fraction of sp³-hybridized carbons (Fsp3) is 0.125. The standard InChI is InChI=1S/C16H14N2O3.ClH/c1-20-14-7-12-13(8-15(14)21-2)17-9-18-16(12)10-3-5-11(19)6-4-10;/h3-9,19H,1-2H3;1H. The molecule has 6 heteroatoms. The minimum absolute atomic E-state index is 0. The molecule has 0 atom stereocenters. The molecule has 0 radical (unpaired) electrons. The SMILES string of the molecule is COc1cc2ncnc(-c3ccc(O)cc3)c2cc1OC.Cl. The molecule has 0 bridgehead atoms. The number of aromatic nitrogens is 2. The summed E-state index contributed by atoms with van der Waals surface area (Å²) in [6.45, 7) is 0. The molecule has 0 fully saturated rings. The first kappa shape index (κ1) is 15.9. The normalized spacial score (nSPS) is 10.1. The zero-order chi connectivity index (χ0) is 14.8. The highest BCUT2D eigenvalue weighted by atomic mass is 35.5. The fourth-order valence-corrected chi connectivity index (χ4v) is 2.23. The van der Waals surface area contributed by atoms with E-state index in [-0.39, 0.29) is 18.2 Å². The summed E-state index contributed by atoms with van der Waals surface area (Å²) in [4.78, 5) is 8.62. The molecule has 1 heterocycles. The quantitative estimate of drug-likeness (QED) is 0.801. The first-order chi connectivity index (χ1) is 10.2. The van der Waals surface area contributed by atoms with E-state index in [0.717, 1.165) is 22.2 Å². The van der Waals surface area contributed by atoms with E-state index in [0.29, 0.717) is 11.5 Å². The lowest BCUT2D eigenvalue weighted by Gasteiger charge is -2.11. The molecule has 1 aromatic heterocycles.